The minimum Gasteiger partial charge on any atom is -0.316 e. The quantitative estimate of drug-likeness (QED) is 0.805. The lowest BCUT2D eigenvalue weighted by Crippen LogP contribution is -2.47. The van der Waals surface area contributed by atoms with Gasteiger partial charge in [-0.2, -0.15) is 0 Å². The maximum absolute atomic E-state index is 12.9. The van der Waals surface area contributed by atoms with Crippen molar-refractivity contribution in [3.63, 3.8) is 0 Å². The lowest BCUT2D eigenvalue weighted by molar-refractivity contribution is 0.166. The number of hydrogen-bond donors (Lipinski definition) is 2. The molecule has 2 aliphatic rings. The molecule has 2 aliphatic heterocycles. The van der Waals surface area contributed by atoms with E-state index in [9.17, 15) is 12.8 Å². The van der Waals surface area contributed by atoms with Crippen LogP contribution in [0.15, 0.2) is 29.2 Å². The first-order valence-corrected chi connectivity index (χ1v) is 10.2. The van der Waals surface area contributed by atoms with Gasteiger partial charge in [0, 0.05) is 12.6 Å². The van der Waals surface area contributed by atoms with E-state index in [0.29, 0.717) is 5.92 Å². The molecular formula is C17H27ClFN3O2S. The van der Waals surface area contributed by atoms with Gasteiger partial charge in [-0.1, -0.05) is 0 Å². The molecule has 25 heavy (non-hydrogen) atoms. The van der Waals surface area contributed by atoms with Gasteiger partial charge in [-0.3, -0.25) is 0 Å². The zero-order valence-corrected chi connectivity index (χ0v) is 15.9. The highest BCUT2D eigenvalue weighted by molar-refractivity contribution is 7.89. The summed E-state index contributed by atoms with van der Waals surface area (Å²) in [5, 5.41) is 3.44. The zero-order valence-electron chi connectivity index (χ0n) is 14.3. The summed E-state index contributed by atoms with van der Waals surface area (Å²) in [6.45, 7) is 5.17. The molecule has 0 saturated carbocycles. The van der Waals surface area contributed by atoms with Crippen molar-refractivity contribution in [2.24, 2.45) is 5.92 Å². The van der Waals surface area contributed by atoms with E-state index < -0.39 is 15.8 Å². The van der Waals surface area contributed by atoms with Crippen molar-refractivity contribution in [3.05, 3.63) is 30.1 Å². The topological polar surface area (TPSA) is 61.4 Å². The minimum atomic E-state index is -3.57. The van der Waals surface area contributed by atoms with E-state index >= 15 is 0 Å². The number of halogens is 2. The largest absolute Gasteiger partial charge is 0.316 e. The second-order valence-electron chi connectivity index (χ2n) is 6.86. The van der Waals surface area contributed by atoms with Crippen molar-refractivity contribution in [1.29, 1.82) is 0 Å². The number of likely N-dealkylation sites (tertiary alicyclic amines) is 1. The third-order valence-corrected chi connectivity index (χ3v) is 6.49. The average molecular weight is 392 g/mol. The highest BCUT2D eigenvalue weighted by Crippen LogP contribution is 2.18. The van der Waals surface area contributed by atoms with Crippen LogP contribution >= 0.6 is 12.4 Å². The first kappa shape index (κ1) is 20.6. The molecule has 1 aromatic carbocycles. The van der Waals surface area contributed by atoms with Crippen LogP contribution in [0.3, 0.4) is 0 Å². The summed E-state index contributed by atoms with van der Waals surface area (Å²) < 4.78 is 40.4. The number of rotatable bonds is 5. The smallest absolute Gasteiger partial charge is 0.240 e. The number of hydrogen-bond acceptors (Lipinski definition) is 4. The van der Waals surface area contributed by atoms with E-state index in [4.69, 9.17) is 0 Å². The van der Waals surface area contributed by atoms with Crippen LogP contribution < -0.4 is 10.0 Å². The molecule has 0 radical (unpaired) electrons. The van der Waals surface area contributed by atoms with Crippen LogP contribution in [0.5, 0.6) is 0 Å². The number of nitrogens with zero attached hydrogens (tertiary/aromatic N) is 1. The second-order valence-corrected chi connectivity index (χ2v) is 8.58. The Hall–Kier alpha value is -0.730. The van der Waals surface area contributed by atoms with Gasteiger partial charge < -0.3 is 10.2 Å². The van der Waals surface area contributed by atoms with Gasteiger partial charge in [0.25, 0.3) is 0 Å². The Balaban J connectivity index is 0.00000225. The second kappa shape index (κ2) is 9.28. The van der Waals surface area contributed by atoms with Crippen LogP contribution in [0.2, 0.25) is 0 Å². The predicted molar refractivity (Wildman–Crippen MR) is 99.0 cm³/mol. The first-order chi connectivity index (χ1) is 11.5. The van der Waals surface area contributed by atoms with E-state index in [2.05, 4.69) is 14.9 Å². The summed E-state index contributed by atoms with van der Waals surface area (Å²) in [5.41, 5.74) is 0. The van der Waals surface area contributed by atoms with Crippen LogP contribution in [0, 0.1) is 11.7 Å². The number of piperidine rings is 2. The Bertz CT molecular complexity index is 628. The highest BCUT2D eigenvalue weighted by Gasteiger charge is 2.26. The summed E-state index contributed by atoms with van der Waals surface area (Å²) in [4.78, 5) is 2.57. The molecule has 0 aliphatic carbocycles. The van der Waals surface area contributed by atoms with Crippen LogP contribution in [-0.2, 0) is 10.0 Å². The lowest BCUT2D eigenvalue weighted by atomic mass is 9.97. The summed E-state index contributed by atoms with van der Waals surface area (Å²) in [7, 11) is -3.57. The summed E-state index contributed by atoms with van der Waals surface area (Å²) in [5.74, 6) is 0.283. The molecule has 2 heterocycles. The van der Waals surface area contributed by atoms with Gasteiger partial charge in [0.2, 0.25) is 10.0 Å². The molecule has 5 nitrogen and oxygen atoms in total. The number of benzene rings is 1. The van der Waals surface area contributed by atoms with Crippen LogP contribution in [0.25, 0.3) is 0 Å². The monoisotopic (exact) mass is 391 g/mol. The zero-order chi connectivity index (χ0) is 17.0. The fourth-order valence-electron chi connectivity index (χ4n) is 3.58. The third kappa shape index (κ3) is 5.89. The molecule has 8 heteroatoms. The van der Waals surface area contributed by atoms with E-state index in [1.807, 2.05) is 0 Å². The summed E-state index contributed by atoms with van der Waals surface area (Å²) >= 11 is 0. The molecule has 0 amide bonds. The van der Waals surface area contributed by atoms with E-state index in [1.165, 1.54) is 37.1 Å². The standard InChI is InChI=1S/C17H26FN3O2S.ClH/c18-15-3-5-17(6-4-15)24(22,23)20-16-7-10-21(11-8-16)13-14-2-1-9-19-12-14;/h3-6,14,16,19-20H,1-2,7-13H2;1H. The Labute approximate surface area is 155 Å². The fraction of sp³-hybridized carbons (Fsp3) is 0.647. The molecule has 0 bridgehead atoms. The van der Waals surface area contributed by atoms with Gasteiger partial charge in [-0.15, -0.1) is 12.4 Å². The van der Waals surface area contributed by atoms with Gasteiger partial charge in [-0.25, -0.2) is 17.5 Å². The molecule has 2 N–H and O–H groups in total. The maximum atomic E-state index is 12.9. The van der Waals surface area contributed by atoms with Gasteiger partial charge >= 0.3 is 0 Å². The molecule has 0 aromatic heterocycles. The Morgan fingerprint density at radius 3 is 2.44 bits per heavy atom. The molecule has 2 saturated heterocycles. The molecule has 142 valence electrons. The number of sulfonamides is 1. The van der Waals surface area contributed by atoms with Crippen LogP contribution in [0.1, 0.15) is 25.7 Å². The number of nitrogens with one attached hydrogen (secondary N) is 2. The summed E-state index contributed by atoms with van der Waals surface area (Å²) in [6, 6.07) is 4.93. The predicted octanol–water partition coefficient (Wildman–Crippen LogP) is 1.99. The maximum Gasteiger partial charge on any atom is 0.240 e. The van der Waals surface area contributed by atoms with Crippen molar-refractivity contribution in [2.45, 2.75) is 36.6 Å². The fourth-order valence-corrected chi connectivity index (χ4v) is 4.88. The van der Waals surface area contributed by atoms with Gasteiger partial charge in [0.05, 0.1) is 4.90 Å². The Kier molecular flexibility index (Phi) is 7.64. The molecule has 2 fully saturated rings. The highest BCUT2D eigenvalue weighted by atomic mass is 35.5. The van der Waals surface area contributed by atoms with Crippen molar-refractivity contribution >= 4 is 22.4 Å². The Morgan fingerprint density at radius 2 is 1.84 bits per heavy atom. The van der Waals surface area contributed by atoms with Gasteiger partial charge in [0.15, 0.2) is 0 Å². The minimum absolute atomic E-state index is 0. The molecule has 3 rings (SSSR count). The molecule has 0 spiro atoms. The van der Waals surface area contributed by atoms with Crippen molar-refractivity contribution in [2.75, 3.05) is 32.7 Å². The van der Waals surface area contributed by atoms with Gasteiger partial charge in [0.1, 0.15) is 5.82 Å². The third-order valence-electron chi connectivity index (χ3n) is 4.95. The normalized spacial score (nSPS) is 23.2. The first-order valence-electron chi connectivity index (χ1n) is 8.74. The molecule has 1 unspecified atom stereocenters. The van der Waals surface area contributed by atoms with E-state index in [-0.39, 0.29) is 23.3 Å². The molecule has 1 aromatic rings. The molecule has 1 atom stereocenters. The summed E-state index contributed by atoms with van der Waals surface area (Å²) in [6.07, 6.45) is 4.17. The lowest BCUT2D eigenvalue weighted by Gasteiger charge is -2.35. The van der Waals surface area contributed by atoms with Crippen molar-refractivity contribution < 1.29 is 12.8 Å². The Morgan fingerprint density at radius 1 is 1.16 bits per heavy atom. The van der Waals surface area contributed by atoms with Crippen LogP contribution in [0.4, 0.5) is 4.39 Å². The molecular weight excluding hydrogens is 365 g/mol. The average Bonchev–Trinajstić information content (AvgIpc) is 2.58. The van der Waals surface area contributed by atoms with Crippen molar-refractivity contribution in [1.82, 2.24) is 14.9 Å². The van der Waals surface area contributed by atoms with E-state index in [1.54, 1.807) is 0 Å². The van der Waals surface area contributed by atoms with Crippen LogP contribution in [-0.4, -0.2) is 52.1 Å². The van der Waals surface area contributed by atoms with Crippen molar-refractivity contribution in [3.8, 4) is 0 Å². The SMILES string of the molecule is Cl.O=S(=O)(NC1CCN(CC2CCCNC2)CC1)c1ccc(F)cc1. The van der Waals surface area contributed by atoms with Gasteiger partial charge in [-0.05, 0) is 82.0 Å². The van der Waals surface area contributed by atoms with E-state index in [0.717, 1.165) is 45.6 Å².